The second-order valence-electron chi connectivity index (χ2n) is 4.92. The van der Waals surface area contributed by atoms with Crippen LogP contribution >= 0.6 is 15.2 Å². The van der Waals surface area contributed by atoms with E-state index in [0.717, 1.165) is 19.9 Å². The lowest BCUT2D eigenvalue weighted by molar-refractivity contribution is -0.120. The molecule has 1 heterocycles. The number of H-pyrrole nitrogens is 1. The molecule has 0 aliphatic rings. The van der Waals surface area contributed by atoms with Gasteiger partial charge in [-0.1, -0.05) is 26.0 Å². The van der Waals surface area contributed by atoms with E-state index in [0.29, 0.717) is 6.42 Å². The minimum atomic E-state index is -4.77. The summed E-state index contributed by atoms with van der Waals surface area (Å²) in [5, 5.41) is 14.9. The van der Waals surface area contributed by atoms with E-state index < -0.39 is 20.1 Å². The van der Waals surface area contributed by atoms with Crippen LogP contribution < -0.4 is 5.32 Å². The number of amides is 1. The SMILES string of the molecule is CCC(C)(P(=O)(O)O)P(=O)(O)O.CCCNC(=O)CC.c1nn[nH]n1. The van der Waals surface area contributed by atoms with Gasteiger partial charge < -0.3 is 24.9 Å². The number of nitrogens with one attached hydrogen (secondary N) is 2. The van der Waals surface area contributed by atoms with Crippen LogP contribution in [0.5, 0.6) is 0 Å². The predicted molar refractivity (Wildman–Crippen MR) is 90.6 cm³/mol. The first kappa shape index (κ1) is 26.1. The molecule has 1 amide bonds. The van der Waals surface area contributed by atoms with E-state index in [1.807, 2.05) is 13.8 Å². The molecule has 6 N–H and O–H groups in total. The Labute approximate surface area is 146 Å². The lowest BCUT2D eigenvalue weighted by atomic mass is 10.4. The maximum Gasteiger partial charge on any atom is 0.343 e. The highest BCUT2D eigenvalue weighted by Gasteiger charge is 2.54. The molecular weight excluding hydrogens is 376 g/mol. The fraction of sp³-hybridized carbons (Fsp3) is 0.818. The van der Waals surface area contributed by atoms with E-state index in [1.165, 1.54) is 13.3 Å². The largest absolute Gasteiger partial charge is 0.356 e. The number of aromatic nitrogens is 4. The smallest absolute Gasteiger partial charge is 0.343 e. The van der Waals surface area contributed by atoms with Gasteiger partial charge in [-0.05, 0) is 19.8 Å². The van der Waals surface area contributed by atoms with Crippen LogP contribution in [-0.4, -0.2) is 57.5 Å². The van der Waals surface area contributed by atoms with E-state index in [1.54, 1.807) is 0 Å². The molecule has 0 atom stereocenters. The van der Waals surface area contributed by atoms with Crippen molar-refractivity contribution in [3.63, 3.8) is 0 Å². The molecule has 0 aliphatic heterocycles. The normalized spacial score (nSPS) is 11.5. The zero-order valence-corrected chi connectivity index (χ0v) is 16.4. The van der Waals surface area contributed by atoms with Crippen molar-refractivity contribution in [1.29, 1.82) is 0 Å². The summed E-state index contributed by atoms with van der Waals surface area (Å²) in [6.45, 7) is 6.90. The molecule has 25 heavy (non-hydrogen) atoms. The van der Waals surface area contributed by atoms with Gasteiger partial charge in [0.2, 0.25) is 5.91 Å². The summed E-state index contributed by atoms with van der Waals surface area (Å²) < 4.78 is 21.5. The molecule has 0 bridgehead atoms. The molecule has 12 nitrogen and oxygen atoms in total. The Morgan fingerprint density at radius 1 is 1.16 bits per heavy atom. The standard InChI is InChI=1S/C6H13NO.C4H12O6P2.CH2N4/c1-3-5-7-6(8)4-2;1-3-4(2,11(5,6)7)12(8,9)10;1-2-4-5-3-1/h3-5H2,1-2H3,(H,7,8);3H2,1-2H3,(H2,5,6,7)(H2,8,9,10);1H,(H,2,3,4,5). The summed E-state index contributed by atoms with van der Waals surface area (Å²) in [4.78, 5) is 43.0. The molecule has 0 saturated carbocycles. The van der Waals surface area contributed by atoms with Crippen molar-refractivity contribution in [2.24, 2.45) is 0 Å². The Bertz CT molecular complexity index is 518. The monoisotopic (exact) mass is 403 g/mol. The van der Waals surface area contributed by atoms with Gasteiger partial charge in [-0.15, -0.1) is 10.2 Å². The third kappa shape index (κ3) is 10.4. The van der Waals surface area contributed by atoms with Crippen LogP contribution in [0.2, 0.25) is 0 Å². The highest BCUT2D eigenvalue weighted by Crippen LogP contribution is 2.70. The van der Waals surface area contributed by atoms with E-state index in [4.69, 9.17) is 19.6 Å². The third-order valence-corrected chi connectivity index (χ3v) is 7.79. The van der Waals surface area contributed by atoms with Crippen LogP contribution in [0, 0.1) is 0 Å². The van der Waals surface area contributed by atoms with E-state index in [9.17, 15) is 13.9 Å². The van der Waals surface area contributed by atoms with Crippen LogP contribution in [0.1, 0.15) is 47.0 Å². The van der Waals surface area contributed by atoms with Crippen LogP contribution in [0.3, 0.4) is 0 Å². The lowest BCUT2D eigenvalue weighted by Gasteiger charge is -2.29. The van der Waals surface area contributed by atoms with Crippen molar-refractivity contribution in [2.45, 2.75) is 51.9 Å². The van der Waals surface area contributed by atoms with E-state index in [-0.39, 0.29) is 12.3 Å². The molecule has 0 aliphatic carbocycles. The van der Waals surface area contributed by atoms with Gasteiger partial charge in [0.1, 0.15) is 0 Å². The van der Waals surface area contributed by atoms with Gasteiger partial charge in [0.25, 0.3) is 0 Å². The zero-order valence-electron chi connectivity index (χ0n) is 14.7. The van der Waals surface area contributed by atoms with Crippen molar-refractivity contribution in [2.75, 3.05) is 6.54 Å². The third-order valence-electron chi connectivity index (χ3n) is 3.09. The Balaban J connectivity index is 0. The van der Waals surface area contributed by atoms with E-state index in [2.05, 4.69) is 25.9 Å². The Kier molecular flexibility index (Phi) is 12.8. The number of hydrogen-bond acceptors (Lipinski definition) is 6. The van der Waals surface area contributed by atoms with Gasteiger partial charge in [0.05, 0.1) is 0 Å². The van der Waals surface area contributed by atoms with Gasteiger partial charge in [-0.3, -0.25) is 13.9 Å². The maximum atomic E-state index is 10.7. The molecule has 0 radical (unpaired) electrons. The number of tetrazole rings is 1. The number of carbonyl (C=O) groups is 1. The molecule has 0 saturated heterocycles. The molecule has 1 rings (SSSR count). The summed E-state index contributed by atoms with van der Waals surface area (Å²) in [6.07, 6.45) is 2.67. The zero-order chi connectivity index (χ0) is 20.1. The number of aromatic amines is 1. The summed E-state index contributed by atoms with van der Waals surface area (Å²) >= 11 is 0. The predicted octanol–water partition coefficient (Wildman–Crippen LogP) is 0.590. The van der Waals surface area contributed by atoms with E-state index >= 15 is 0 Å². The highest BCUT2D eigenvalue weighted by molar-refractivity contribution is 7.72. The molecule has 1 aromatic rings. The quantitative estimate of drug-likeness (QED) is 0.365. The number of rotatable bonds is 6. The molecule has 0 spiro atoms. The maximum absolute atomic E-state index is 10.7. The molecular formula is C11H27N5O7P2. The Morgan fingerprint density at radius 3 is 1.84 bits per heavy atom. The first-order valence-electron chi connectivity index (χ1n) is 7.41. The molecule has 1 aromatic heterocycles. The highest BCUT2D eigenvalue weighted by atomic mass is 31.2. The van der Waals surface area contributed by atoms with Crippen molar-refractivity contribution in [3.05, 3.63) is 6.33 Å². The van der Waals surface area contributed by atoms with Gasteiger partial charge >= 0.3 is 15.2 Å². The minimum absolute atomic E-state index is 0.145. The summed E-state index contributed by atoms with van der Waals surface area (Å²) in [5.41, 5.74) is 0. The molecule has 14 heteroatoms. The fourth-order valence-electron chi connectivity index (χ4n) is 1.10. The second-order valence-corrected chi connectivity index (χ2v) is 9.43. The van der Waals surface area contributed by atoms with Gasteiger partial charge in [0.15, 0.2) is 11.2 Å². The Morgan fingerprint density at radius 2 is 1.68 bits per heavy atom. The van der Waals surface area contributed by atoms with Crippen LogP contribution in [-0.2, 0) is 13.9 Å². The fourth-order valence-corrected chi connectivity index (χ4v) is 3.28. The molecule has 0 aromatic carbocycles. The van der Waals surface area contributed by atoms with Crippen molar-refractivity contribution < 1.29 is 33.5 Å². The second kappa shape index (κ2) is 12.2. The van der Waals surface area contributed by atoms with Crippen LogP contribution in [0.25, 0.3) is 0 Å². The molecule has 148 valence electrons. The average molecular weight is 403 g/mol. The average Bonchev–Trinajstić information content (AvgIpc) is 3.09. The molecule has 0 fully saturated rings. The molecule has 0 unspecified atom stereocenters. The van der Waals surface area contributed by atoms with Gasteiger partial charge in [0, 0.05) is 13.0 Å². The summed E-state index contributed by atoms with van der Waals surface area (Å²) in [5.74, 6) is 0.145. The number of hydrogen-bond donors (Lipinski definition) is 6. The summed E-state index contributed by atoms with van der Waals surface area (Å²) in [7, 11) is -9.54. The van der Waals surface area contributed by atoms with Crippen molar-refractivity contribution in [3.8, 4) is 0 Å². The first-order chi connectivity index (χ1) is 11.4. The van der Waals surface area contributed by atoms with Crippen molar-refractivity contribution in [1.82, 2.24) is 25.9 Å². The summed E-state index contributed by atoms with van der Waals surface area (Å²) in [6, 6.07) is 0. The van der Waals surface area contributed by atoms with Crippen LogP contribution in [0.4, 0.5) is 0 Å². The topological polar surface area (TPSA) is 199 Å². The first-order valence-corrected chi connectivity index (χ1v) is 10.6. The van der Waals surface area contributed by atoms with Crippen LogP contribution in [0.15, 0.2) is 6.33 Å². The van der Waals surface area contributed by atoms with Crippen molar-refractivity contribution >= 4 is 21.1 Å². The lowest BCUT2D eigenvalue weighted by Crippen LogP contribution is -2.23. The number of carbonyl (C=O) groups excluding carboxylic acids is 1. The van der Waals surface area contributed by atoms with Gasteiger partial charge in [-0.25, -0.2) is 0 Å². The number of nitrogens with zero attached hydrogens (tertiary/aromatic N) is 3. The Hall–Kier alpha value is -1.16. The minimum Gasteiger partial charge on any atom is -0.356 e. The van der Waals surface area contributed by atoms with Gasteiger partial charge in [-0.2, -0.15) is 5.21 Å².